The quantitative estimate of drug-likeness (QED) is 0.812. The van der Waals surface area contributed by atoms with Crippen molar-refractivity contribution in [2.45, 2.75) is 25.3 Å². The van der Waals surface area contributed by atoms with Gasteiger partial charge in [0.1, 0.15) is 5.69 Å². The van der Waals surface area contributed by atoms with Crippen molar-refractivity contribution in [3.05, 3.63) is 60.2 Å². The highest BCUT2D eigenvalue weighted by atomic mass is 16.2. The lowest BCUT2D eigenvalue weighted by atomic mass is 10.0. The molecule has 2 aromatic rings. The van der Waals surface area contributed by atoms with Gasteiger partial charge < -0.3 is 4.90 Å². The van der Waals surface area contributed by atoms with Gasteiger partial charge in [0.15, 0.2) is 5.78 Å². The summed E-state index contributed by atoms with van der Waals surface area (Å²) in [5, 5.41) is 0. The van der Waals surface area contributed by atoms with Gasteiger partial charge in [-0.2, -0.15) is 0 Å². The summed E-state index contributed by atoms with van der Waals surface area (Å²) in [5.41, 5.74) is 1.03. The number of ketones is 1. The number of carbonyl (C=O) groups excluding carboxylic acids is 2. The van der Waals surface area contributed by atoms with E-state index in [4.69, 9.17) is 0 Å². The Kier molecular flexibility index (Phi) is 4.23. The van der Waals surface area contributed by atoms with Crippen molar-refractivity contribution >= 4 is 11.7 Å². The Hall–Kier alpha value is -2.56. The first-order valence-electron chi connectivity index (χ1n) is 7.41. The first-order valence-corrected chi connectivity index (χ1v) is 7.41. The van der Waals surface area contributed by atoms with Crippen LogP contribution in [0.1, 0.15) is 40.1 Å². The van der Waals surface area contributed by atoms with Crippen LogP contribution in [-0.4, -0.2) is 39.1 Å². The summed E-state index contributed by atoms with van der Waals surface area (Å²) in [6.45, 7) is 0.669. The van der Waals surface area contributed by atoms with E-state index in [0.717, 1.165) is 12.8 Å². The lowest BCUT2D eigenvalue weighted by molar-refractivity contribution is 0.0711. The minimum atomic E-state index is -0.142. The number of likely N-dealkylation sites (tertiary alicyclic amines) is 1. The molecule has 3 rings (SSSR count). The smallest absolute Gasteiger partial charge is 0.274 e. The van der Waals surface area contributed by atoms with Gasteiger partial charge in [0.2, 0.25) is 0 Å². The minimum absolute atomic E-state index is 0.0535. The number of benzene rings is 1. The number of hydrogen-bond acceptors (Lipinski definition) is 4. The predicted octanol–water partition coefficient (Wildman–Crippen LogP) is 2.35. The van der Waals surface area contributed by atoms with E-state index in [9.17, 15) is 9.59 Å². The molecule has 2 heterocycles. The Morgan fingerprint density at radius 1 is 1.18 bits per heavy atom. The second-order valence-electron chi connectivity index (χ2n) is 5.38. The average molecular weight is 295 g/mol. The van der Waals surface area contributed by atoms with Gasteiger partial charge in [-0.25, -0.2) is 4.98 Å². The highest BCUT2D eigenvalue weighted by molar-refractivity contribution is 5.97. The van der Waals surface area contributed by atoms with Crippen LogP contribution in [0.5, 0.6) is 0 Å². The molecule has 0 radical (unpaired) electrons. The SMILES string of the molecule is O=C(C[C@H]1CCCN1C(=O)c1cnccn1)c1ccccc1. The number of hydrogen-bond donors (Lipinski definition) is 0. The zero-order valence-corrected chi connectivity index (χ0v) is 12.2. The maximum Gasteiger partial charge on any atom is 0.274 e. The van der Waals surface area contributed by atoms with E-state index in [2.05, 4.69) is 9.97 Å². The van der Waals surface area contributed by atoms with Crippen LogP contribution in [0.15, 0.2) is 48.9 Å². The van der Waals surface area contributed by atoms with E-state index < -0.39 is 0 Å². The lowest BCUT2D eigenvalue weighted by Crippen LogP contribution is -2.37. The van der Waals surface area contributed by atoms with Crippen LogP contribution in [0.3, 0.4) is 0 Å². The number of rotatable bonds is 4. The van der Waals surface area contributed by atoms with E-state index in [1.807, 2.05) is 30.3 Å². The summed E-state index contributed by atoms with van der Waals surface area (Å²) >= 11 is 0. The molecule has 1 aromatic carbocycles. The van der Waals surface area contributed by atoms with E-state index >= 15 is 0 Å². The molecule has 5 nitrogen and oxygen atoms in total. The van der Waals surface area contributed by atoms with Crippen LogP contribution in [0, 0.1) is 0 Å². The highest BCUT2D eigenvalue weighted by Gasteiger charge is 2.31. The second-order valence-corrected chi connectivity index (χ2v) is 5.38. The maximum absolute atomic E-state index is 12.5. The van der Waals surface area contributed by atoms with Gasteiger partial charge >= 0.3 is 0 Å². The van der Waals surface area contributed by atoms with E-state index in [1.165, 1.54) is 18.6 Å². The molecule has 1 saturated heterocycles. The normalized spacial score (nSPS) is 17.5. The Bertz CT molecular complexity index is 658. The average Bonchev–Trinajstić information content (AvgIpc) is 3.04. The van der Waals surface area contributed by atoms with Crippen LogP contribution in [0.2, 0.25) is 0 Å². The molecule has 0 N–H and O–H groups in total. The zero-order valence-electron chi connectivity index (χ0n) is 12.2. The molecular formula is C17H17N3O2. The van der Waals surface area contributed by atoms with E-state index in [0.29, 0.717) is 24.2 Å². The van der Waals surface area contributed by atoms with Crippen molar-refractivity contribution in [1.82, 2.24) is 14.9 Å². The van der Waals surface area contributed by atoms with Crippen molar-refractivity contribution in [1.29, 1.82) is 0 Å². The van der Waals surface area contributed by atoms with Crippen molar-refractivity contribution in [2.24, 2.45) is 0 Å². The van der Waals surface area contributed by atoms with Gasteiger partial charge in [0.25, 0.3) is 5.91 Å². The third kappa shape index (κ3) is 3.03. The Morgan fingerprint density at radius 3 is 2.73 bits per heavy atom. The third-order valence-corrected chi connectivity index (χ3v) is 3.94. The van der Waals surface area contributed by atoms with Gasteiger partial charge in [-0.05, 0) is 12.8 Å². The Morgan fingerprint density at radius 2 is 2.00 bits per heavy atom. The molecule has 0 saturated carbocycles. The molecule has 5 heteroatoms. The molecule has 112 valence electrons. The third-order valence-electron chi connectivity index (χ3n) is 3.94. The maximum atomic E-state index is 12.5. The Labute approximate surface area is 129 Å². The van der Waals surface area contributed by atoms with Crippen LogP contribution in [0.25, 0.3) is 0 Å². The first kappa shape index (κ1) is 14.4. The molecule has 0 spiro atoms. The number of aromatic nitrogens is 2. The number of amides is 1. The molecule has 1 atom stereocenters. The van der Waals surface area contributed by atoms with Gasteiger partial charge in [0.05, 0.1) is 6.20 Å². The molecule has 1 aliphatic rings. The molecule has 1 fully saturated rings. The fraction of sp³-hybridized carbons (Fsp3) is 0.294. The summed E-state index contributed by atoms with van der Waals surface area (Å²) in [7, 11) is 0. The van der Waals surface area contributed by atoms with E-state index in [-0.39, 0.29) is 17.7 Å². The molecule has 1 amide bonds. The largest absolute Gasteiger partial charge is 0.334 e. The van der Waals surface area contributed by atoms with Crippen LogP contribution >= 0.6 is 0 Å². The van der Waals surface area contributed by atoms with E-state index in [1.54, 1.807) is 4.90 Å². The van der Waals surface area contributed by atoms with Crippen molar-refractivity contribution in [2.75, 3.05) is 6.54 Å². The fourth-order valence-corrected chi connectivity index (χ4v) is 2.83. The second kappa shape index (κ2) is 6.47. The lowest BCUT2D eigenvalue weighted by Gasteiger charge is -2.23. The number of nitrogens with zero attached hydrogens (tertiary/aromatic N) is 3. The van der Waals surface area contributed by atoms with Gasteiger partial charge in [-0.3, -0.25) is 14.6 Å². The molecular weight excluding hydrogens is 278 g/mol. The fourth-order valence-electron chi connectivity index (χ4n) is 2.83. The summed E-state index contributed by atoms with van der Waals surface area (Å²) in [6.07, 6.45) is 6.64. The molecule has 1 aliphatic heterocycles. The minimum Gasteiger partial charge on any atom is -0.334 e. The van der Waals surface area contributed by atoms with Crippen molar-refractivity contribution in [3.8, 4) is 0 Å². The number of carbonyl (C=O) groups is 2. The van der Waals surface area contributed by atoms with Crippen LogP contribution in [0.4, 0.5) is 0 Å². The van der Waals surface area contributed by atoms with Crippen molar-refractivity contribution < 1.29 is 9.59 Å². The summed E-state index contributed by atoms with van der Waals surface area (Å²) in [6, 6.07) is 9.16. The van der Waals surface area contributed by atoms with Crippen LogP contribution < -0.4 is 0 Å². The molecule has 0 unspecified atom stereocenters. The topological polar surface area (TPSA) is 63.2 Å². The molecule has 0 bridgehead atoms. The summed E-state index contributed by atoms with van der Waals surface area (Å²) < 4.78 is 0. The van der Waals surface area contributed by atoms with Crippen molar-refractivity contribution in [3.63, 3.8) is 0 Å². The molecule has 0 aliphatic carbocycles. The Balaban J connectivity index is 1.71. The highest BCUT2D eigenvalue weighted by Crippen LogP contribution is 2.23. The monoisotopic (exact) mass is 295 g/mol. The predicted molar refractivity (Wildman–Crippen MR) is 81.5 cm³/mol. The molecule has 1 aromatic heterocycles. The molecule has 22 heavy (non-hydrogen) atoms. The van der Waals surface area contributed by atoms with Gasteiger partial charge in [0, 0.05) is 37.0 Å². The van der Waals surface area contributed by atoms with Gasteiger partial charge in [-0.1, -0.05) is 30.3 Å². The van der Waals surface area contributed by atoms with Crippen LogP contribution in [-0.2, 0) is 0 Å². The first-order chi connectivity index (χ1) is 10.8. The standard InChI is InChI=1S/C17H17N3O2/c21-16(13-5-2-1-3-6-13)11-14-7-4-10-20(14)17(22)15-12-18-8-9-19-15/h1-3,5-6,8-9,12,14H,4,7,10-11H2/t14-/m1/s1. The zero-order chi connectivity index (χ0) is 15.4. The summed E-state index contributed by atoms with van der Waals surface area (Å²) in [5.74, 6) is -0.0686. The van der Waals surface area contributed by atoms with Gasteiger partial charge in [-0.15, -0.1) is 0 Å². The summed E-state index contributed by atoms with van der Waals surface area (Å²) in [4.78, 5) is 34.6. The number of Topliss-reactive ketones (excluding diaryl/α,β-unsaturated/α-hetero) is 1.